The van der Waals surface area contributed by atoms with Crippen LogP contribution in [0.2, 0.25) is 0 Å². The van der Waals surface area contributed by atoms with Crippen LogP contribution in [0, 0.1) is 5.92 Å². The van der Waals surface area contributed by atoms with Crippen molar-refractivity contribution in [2.45, 2.75) is 44.4 Å². The van der Waals surface area contributed by atoms with Crippen molar-refractivity contribution >= 4 is 5.97 Å². The lowest BCUT2D eigenvalue weighted by Gasteiger charge is -2.30. The first-order valence-corrected chi connectivity index (χ1v) is 6.88. The highest BCUT2D eigenvalue weighted by atomic mass is 19.4. The highest BCUT2D eigenvalue weighted by Gasteiger charge is 2.51. The SMILES string of the molecule is CCCNC(Cn1ccc(C(F)(F)F)n1)(C(=O)O)C1CC1. The molecule has 2 rings (SSSR count). The van der Waals surface area contributed by atoms with Gasteiger partial charge in [-0.3, -0.25) is 9.48 Å². The molecule has 118 valence electrons. The Morgan fingerprint density at radius 1 is 1.52 bits per heavy atom. The summed E-state index contributed by atoms with van der Waals surface area (Å²) in [5.41, 5.74) is -2.25. The standard InChI is InChI=1S/C13H18F3N3O2/c1-2-6-17-12(11(20)21,9-3-4-9)8-19-7-5-10(18-19)13(14,15)16/h5,7,9,17H,2-4,6,8H2,1H3,(H,20,21). The second-order valence-electron chi connectivity index (χ2n) is 5.37. The van der Waals surface area contributed by atoms with Crippen molar-refractivity contribution in [2.24, 2.45) is 5.92 Å². The van der Waals surface area contributed by atoms with E-state index >= 15 is 0 Å². The Morgan fingerprint density at radius 3 is 2.62 bits per heavy atom. The lowest BCUT2D eigenvalue weighted by Crippen LogP contribution is -2.57. The van der Waals surface area contributed by atoms with Crippen molar-refractivity contribution < 1.29 is 23.1 Å². The highest BCUT2D eigenvalue weighted by molar-refractivity contribution is 5.79. The molecule has 2 N–H and O–H groups in total. The largest absolute Gasteiger partial charge is 0.480 e. The molecule has 21 heavy (non-hydrogen) atoms. The lowest BCUT2D eigenvalue weighted by atomic mass is 9.93. The Morgan fingerprint density at radius 2 is 2.19 bits per heavy atom. The molecule has 0 bridgehead atoms. The van der Waals surface area contributed by atoms with Gasteiger partial charge < -0.3 is 10.4 Å². The normalized spacial score (nSPS) is 18.5. The summed E-state index contributed by atoms with van der Waals surface area (Å²) in [7, 11) is 0. The number of alkyl halides is 3. The number of carbonyl (C=O) groups is 1. The van der Waals surface area contributed by atoms with Gasteiger partial charge in [-0.2, -0.15) is 18.3 Å². The summed E-state index contributed by atoms with van der Waals surface area (Å²) < 4.78 is 38.7. The monoisotopic (exact) mass is 305 g/mol. The van der Waals surface area contributed by atoms with E-state index in [9.17, 15) is 23.1 Å². The minimum absolute atomic E-state index is 0.0694. The Kier molecular flexibility index (Phi) is 4.27. The lowest BCUT2D eigenvalue weighted by molar-refractivity contribution is -0.147. The predicted octanol–water partition coefficient (Wildman–Crippen LogP) is 2.13. The first-order valence-electron chi connectivity index (χ1n) is 6.88. The molecular formula is C13H18F3N3O2. The molecule has 1 aliphatic rings. The van der Waals surface area contributed by atoms with Gasteiger partial charge in [-0.15, -0.1) is 0 Å². The van der Waals surface area contributed by atoms with Gasteiger partial charge in [-0.25, -0.2) is 0 Å². The molecule has 0 radical (unpaired) electrons. The average molecular weight is 305 g/mol. The zero-order valence-corrected chi connectivity index (χ0v) is 11.7. The van der Waals surface area contributed by atoms with Gasteiger partial charge in [0.25, 0.3) is 0 Å². The van der Waals surface area contributed by atoms with Crippen LogP contribution in [0.1, 0.15) is 31.9 Å². The van der Waals surface area contributed by atoms with E-state index in [4.69, 9.17) is 0 Å². The van der Waals surface area contributed by atoms with E-state index < -0.39 is 23.4 Å². The quantitative estimate of drug-likeness (QED) is 0.810. The Balaban J connectivity index is 2.22. The van der Waals surface area contributed by atoms with E-state index in [1.807, 2.05) is 6.92 Å². The molecule has 0 saturated heterocycles. The van der Waals surface area contributed by atoms with E-state index in [1.54, 1.807) is 0 Å². The van der Waals surface area contributed by atoms with Crippen molar-refractivity contribution in [3.63, 3.8) is 0 Å². The summed E-state index contributed by atoms with van der Waals surface area (Å²) in [6.45, 7) is 2.29. The minimum atomic E-state index is -4.52. The fraction of sp³-hybridized carbons (Fsp3) is 0.692. The van der Waals surface area contributed by atoms with Crippen molar-refractivity contribution in [1.29, 1.82) is 0 Å². The van der Waals surface area contributed by atoms with E-state index in [1.165, 1.54) is 6.20 Å². The fourth-order valence-corrected chi connectivity index (χ4v) is 2.43. The number of rotatable bonds is 7. The second kappa shape index (κ2) is 5.67. The molecule has 1 atom stereocenters. The molecule has 1 aliphatic carbocycles. The topological polar surface area (TPSA) is 67.2 Å². The summed E-state index contributed by atoms with van der Waals surface area (Å²) in [5.74, 6) is -1.11. The molecule has 1 aromatic heterocycles. The summed E-state index contributed by atoms with van der Waals surface area (Å²) in [4.78, 5) is 11.7. The van der Waals surface area contributed by atoms with Crippen LogP contribution in [0.15, 0.2) is 12.3 Å². The molecule has 1 fully saturated rings. The summed E-state index contributed by atoms with van der Waals surface area (Å²) >= 11 is 0. The van der Waals surface area contributed by atoms with Gasteiger partial charge in [0.05, 0.1) is 6.54 Å². The van der Waals surface area contributed by atoms with E-state index in [2.05, 4.69) is 10.4 Å². The van der Waals surface area contributed by atoms with Crippen LogP contribution in [0.3, 0.4) is 0 Å². The molecule has 1 aromatic rings. The predicted molar refractivity (Wildman–Crippen MR) is 68.6 cm³/mol. The molecule has 1 saturated carbocycles. The molecule has 0 aliphatic heterocycles. The number of aromatic nitrogens is 2. The number of aliphatic carboxylic acids is 1. The van der Waals surface area contributed by atoms with E-state index in [-0.39, 0.29) is 12.5 Å². The Labute approximate surface area is 120 Å². The zero-order valence-electron chi connectivity index (χ0n) is 11.7. The first-order chi connectivity index (χ1) is 9.79. The van der Waals surface area contributed by atoms with E-state index in [0.717, 1.165) is 30.0 Å². The van der Waals surface area contributed by atoms with Crippen LogP contribution >= 0.6 is 0 Å². The van der Waals surface area contributed by atoms with Crippen LogP contribution in [0.5, 0.6) is 0 Å². The van der Waals surface area contributed by atoms with Gasteiger partial charge >= 0.3 is 12.1 Å². The molecule has 0 amide bonds. The summed E-state index contributed by atoms with van der Waals surface area (Å²) in [5, 5.41) is 16.0. The van der Waals surface area contributed by atoms with Gasteiger partial charge in [0.2, 0.25) is 0 Å². The Hall–Kier alpha value is -1.57. The first kappa shape index (κ1) is 15.8. The zero-order chi connectivity index (χ0) is 15.7. The fourth-order valence-electron chi connectivity index (χ4n) is 2.43. The number of nitrogens with zero attached hydrogens (tertiary/aromatic N) is 2. The summed E-state index contributed by atoms with van der Waals surface area (Å²) in [6, 6.07) is 0.860. The van der Waals surface area contributed by atoms with Crippen molar-refractivity contribution in [1.82, 2.24) is 15.1 Å². The third-order valence-corrected chi connectivity index (χ3v) is 3.69. The van der Waals surface area contributed by atoms with Crippen LogP contribution < -0.4 is 5.32 Å². The van der Waals surface area contributed by atoms with Gasteiger partial charge in [0, 0.05) is 6.20 Å². The minimum Gasteiger partial charge on any atom is -0.480 e. The van der Waals surface area contributed by atoms with Crippen LogP contribution in [0.4, 0.5) is 13.2 Å². The number of hydrogen-bond acceptors (Lipinski definition) is 3. The maximum atomic E-state index is 12.6. The van der Waals surface area contributed by atoms with Gasteiger partial charge in [0.15, 0.2) is 5.69 Å². The van der Waals surface area contributed by atoms with Crippen molar-refractivity contribution in [3.8, 4) is 0 Å². The highest BCUT2D eigenvalue weighted by Crippen LogP contribution is 2.41. The smallest absolute Gasteiger partial charge is 0.435 e. The maximum absolute atomic E-state index is 12.6. The van der Waals surface area contributed by atoms with E-state index in [0.29, 0.717) is 6.54 Å². The number of nitrogens with one attached hydrogen (secondary N) is 1. The Bertz CT molecular complexity index is 511. The van der Waals surface area contributed by atoms with Gasteiger partial charge in [-0.05, 0) is 37.8 Å². The number of halogens is 3. The molecule has 1 unspecified atom stereocenters. The maximum Gasteiger partial charge on any atom is 0.435 e. The second-order valence-corrected chi connectivity index (χ2v) is 5.37. The molecule has 8 heteroatoms. The third-order valence-electron chi connectivity index (χ3n) is 3.69. The van der Waals surface area contributed by atoms with Crippen LogP contribution in [0.25, 0.3) is 0 Å². The van der Waals surface area contributed by atoms with Crippen LogP contribution in [-0.4, -0.2) is 32.9 Å². The number of hydrogen-bond donors (Lipinski definition) is 2. The molecule has 1 heterocycles. The number of carboxylic acids is 1. The van der Waals surface area contributed by atoms with Gasteiger partial charge in [0.1, 0.15) is 5.54 Å². The van der Waals surface area contributed by atoms with Crippen molar-refractivity contribution in [2.75, 3.05) is 6.54 Å². The number of carboxylic acid groups (broad SMARTS) is 1. The average Bonchev–Trinajstić information content (AvgIpc) is 3.13. The molecule has 0 aromatic carbocycles. The van der Waals surface area contributed by atoms with Gasteiger partial charge in [-0.1, -0.05) is 6.92 Å². The molecular weight excluding hydrogens is 287 g/mol. The molecule has 0 spiro atoms. The van der Waals surface area contributed by atoms with Crippen molar-refractivity contribution in [3.05, 3.63) is 18.0 Å². The third kappa shape index (κ3) is 3.37. The van der Waals surface area contributed by atoms with Crippen LogP contribution in [-0.2, 0) is 17.5 Å². The molecule has 5 nitrogen and oxygen atoms in total. The summed E-state index contributed by atoms with van der Waals surface area (Å²) in [6.07, 6.45) is -1.08.